The lowest BCUT2D eigenvalue weighted by Crippen LogP contribution is -2.27. The Morgan fingerprint density at radius 3 is 2.45 bits per heavy atom. The Morgan fingerprint density at radius 1 is 0.842 bits per heavy atom. The number of rotatable bonds is 3. The summed E-state index contributed by atoms with van der Waals surface area (Å²) < 4.78 is 5.35. The number of hydrogen-bond donors (Lipinski definition) is 2. The summed E-state index contributed by atoms with van der Waals surface area (Å²) in [7, 11) is 0. The van der Waals surface area contributed by atoms with E-state index in [-0.39, 0.29) is 12.5 Å². The number of aromatic amines is 2. The van der Waals surface area contributed by atoms with Gasteiger partial charge in [-0.2, -0.15) is 0 Å². The second-order valence-electron chi connectivity index (χ2n) is 9.07. The van der Waals surface area contributed by atoms with Gasteiger partial charge in [-0.15, -0.1) is 0 Å². The molecule has 0 unspecified atom stereocenters. The highest BCUT2D eigenvalue weighted by Crippen LogP contribution is 2.37. The summed E-state index contributed by atoms with van der Waals surface area (Å²) in [5.41, 5.74) is 7.49. The van der Waals surface area contributed by atoms with Crippen molar-refractivity contribution in [2.24, 2.45) is 4.99 Å². The third-order valence-corrected chi connectivity index (χ3v) is 7.06. The molecule has 3 heterocycles. The number of halogens is 1. The summed E-state index contributed by atoms with van der Waals surface area (Å²) in [6.45, 7) is -0.0467. The number of benzene rings is 4. The largest absolute Gasteiger partial charge is 0.417 e. The Bertz CT molecular complexity index is 1950. The number of aromatic nitrogens is 2. The number of amides is 1. The molecule has 0 fully saturated rings. The summed E-state index contributed by atoms with van der Waals surface area (Å²) >= 11 is 6.12. The summed E-state index contributed by atoms with van der Waals surface area (Å²) in [5, 5.41) is 1.73. The van der Waals surface area contributed by atoms with Crippen LogP contribution in [0.15, 0.2) is 105 Å². The summed E-state index contributed by atoms with van der Waals surface area (Å²) in [5.74, 6) is -0.765. The van der Waals surface area contributed by atoms with Gasteiger partial charge in [0.2, 0.25) is 0 Å². The van der Waals surface area contributed by atoms with Crippen molar-refractivity contribution >= 4 is 56.6 Å². The first kappa shape index (κ1) is 22.3. The van der Waals surface area contributed by atoms with Gasteiger partial charge in [0.1, 0.15) is 6.54 Å². The number of H-pyrrole nitrogens is 2. The molecule has 0 radical (unpaired) electrons. The molecule has 1 amide bonds. The van der Waals surface area contributed by atoms with Crippen LogP contribution in [0.2, 0.25) is 5.02 Å². The fourth-order valence-corrected chi connectivity index (χ4v) is 5.19. The van der Waals surface area contributed by atoms with Gasteiger partial charge in [-0.05, 0) is 53.6 Å². The minimum Gasteiger partial charge on any atom is -0.408 e. The van der Waals surface area contributed by atoms with Gasteiger partial charge in [0.15, 0.2) is 5.58 Å². The van der Waals surface area contributed by atoms with Crippen LogP contribution < -0.4 is 10.7 Å². The van der Waals surface area contributed by atoms with Crippen molar-refractivity contribution in [3.05, 3.63) is 118 Å². The number of nitrogens with one attached hydrogen (secondary N) is 2. The molecule has 0 saturated heterocycles. The molecule has 4 aromatic carbocycles. The van der Waals surface area contributed by atoms with E-state index in [1.165, 1.54) is 0 Å². The van der Waals surface area contributed by atoms with Gasteiger partial charge in [0, 0.05) is 45.0 Å². The van der Waals surface area contributed by atoms with Crippen LogP contribution in [0, 0.1) is 0 Å². The molecule has 7 rings (SSSR count). The normalized spacial score (nSPS) is 13.6. The minimum atomic E-state index is -0.564. The molecule has 1 aliphatic heterocycles. The Balaban J connectivity index is 1.38. The predicted molar refractivity (Wildman–Crippen MR) is 150 cm³/mol. The van der Waals surface area contributed by atoms with Crippen LogP contribution in [-0.4, -0.2) is 28.1 Å². The Kier molecular flexibility index (Phi) is 5.06. The lowest BCUT2D eigenvalue weighted by Gasteiger charge is -2.23. The fourth-order valence-electron chi connectivity index (χ4n) is 5.06. The van der Waals surface area contributed by atoms with Crippen LogP contribution in [0.5, 0.6) is 0 Å². The van der Waals surface area contributed by atoms with E-state index >= 15 is 0 Å². The van der Waals surface area contributed by atoms with E-state index < -0.39 is 5.76 Å². The maximum atomic E-state index is 13.5. The van der Waals surface area contributed by atoms with Gasteiger partial charge in [0.05, 0.1) is 16.9 Å². The van der Waals surface area contributed by atoms with Crippen molar-refractivity contribution in [3.8, 4) is 11.1 Å². The molecule has 2 N–H and O–H groups in total. The molecule has 6 aromatic rings. The van der Waals surface area contributed by atoms with Crippen molar-refractivity contribution in [1.29, 1.82) is 0 Å². The quantitative estimate of drug-likeness (QED) is 0.282. The highest BCUT2D eigenvalue weighted by Gasteiger charge is 2.28. The average Bonchev–Trinajstić information content (AvgIpc) is 3.52. The fraction of sp³-hybridized carbons (Fsp3) is 0.0333. The smallest absolute Gasteiger partial charge is 0.408 e. The van der Waals surface area contributed by atoms with Crippen molar-refractivity contribution in [3.63, 3.8) is 0 Å². The van der Waals surface area contributed by atoms with E-state index in [1.54, 1.807) is 29.2 Å². The lowest BCUT2D eigenvalue weighted by atomic mass is 9.98. The zero-order valence-electron chi connectivity index (χ0n) is 19.9. The van der Waals surface area contributed by atoms with Gasteiger partial charge < -0.3 is 9.40 Å². The Morgan fingerprint density at radius 2 is 1.63 bits per heavy atom. The zero-order valence-corrected chi connectivity index (χ0v) is 20.6. The van der Waals surface area contributed by atoms with Crippen LogP contribution in [0.4, 0.5) is 11.4 Å². The van der Waals surface area contributed by atoms with Crippen LogP contribution in [0.25, 0.3) is 33.1 Å². The SMILES string of the molecule is O=C1CN=C(c2ccc(Cl)cc2)c2cc3[nH]c(=O)oc3cc2N1c1ccc(-c2cccc3[nH]ccc23)cc1. The number of carbonyl (C=O) groups is 1. The van der Waals surface area contributed by atoms with E-state index in [1.807, 2.05) is 54.7 Å². The Labute approximate surface area is 221 Å². The van der Waals surface area contributed by atoms with Crippen molar-refractivity contribution in [2.45, 2.75) is 0 Å². The van der Waals surface area contributed by atoms with Gasteiger partial charge in [-0.1, -0.05) is 48.0 Å². The molecule has 184 valence electrons. The highest BCUT2D eigenvalue weighted by atomic mass is 35.5. The van der Waals surface area contributed by atoms with Crippen LogP contribution in [-0.2, 0) is 4.79 Å². The predicted octanol–water partition coefficient (Wildman–Crippen LogP) is 6.44. The van der Waals surface area contributed by atoms with E-state index in [0.29, 0.717) is 38.8 Å². The molecule has 7 nitrogen and oxygen atoms in total. The van der Waals surface area contributed by atoms with Gasteiger partial charge >= 0.3 is 5.76 Å². The maximum absolute atomic E-state index is 13.5. The molecule has 0 bridgehead atoms. The van der Waals surface area contributed by atoms with E-state index in [0.717, 1.165) is 27.6 Å². The molecule has 0 atom stereocenters. The number of carbonyl (C=O) groups excluding carboxylic acids is 1. The molecule has 2 aromatic heterocycles. The standard InChI is InChI=1S/C30H19ClN4O3/c31-19-8-4-18(5-9-19)29-23-14-25-27(38-30(37)34-25)15-26(23)35(28(36)16-33-29)20-10-6-17(7-11-20)21-2-1-3-24-22(21)12-13-32-24/h1-15,32H,16H2,(H,34,37). The first-order valence-electron chi connectivity index (χ1n) is 12.0. The number of aliphatic imine (C=N–C) groups is 1. The number of oxazole rings is 1. The van der Waals surface area contributed by atoms with Crippen molar-refractivity contribution in [1.82, 2.24) is 9.97 Å². The molecule has 0 saturated carbocycles. The maximum Gasteiger partial charge on any atom is 0.417 e. The first-order chi connectivity index (χ1) is 18.5. The highest BCUT2D eigenvalue weighted by molar-refractivity contribution is 6.31. The summed E-state index contributed by atoms with van der Waals surface area (Å²) in [4.78, 5) is 37.8. The molecular formula is C30H19ClN4O3. The van der Waals surface area contributed by atoms with Crippen LogP contribution in [0.3, 0.4) is 0 Å². The van der Waals surface area contributed by atoms with E-state index in [4.69, 9.17) is 16.0 Å². The molecule has 1 aliphatic rings. The monoisotopic (exact) mass is 518 g/mol. The second-order valence-corrected chi connectivity index (χ2v) is 9.51. The van der Waals surface area contributed by atoms with Gasteiger partial charge in [-0.25, -0.2) is 4.79 Å². The van der Waals surface area contributed by atoms with Gasteiger partial charge in [-0.3, -0.25) is 19.7 Å². The average molecular weight is 519 g/mol. The minimum absolute atomic E-state index is 0.0467. The number of nitrogens with zero attached hydrogens (tertiary/aromatic N) is 2. The summed E-state index contributed by atoms with van der Waals surface area (Å²) in [6.07, 6.45) is 1.92. The van der Waals surface area contributed by atoms with Gasteiger partial charge in [0.25, 0.3) is 5.91 Å². The zero-order chi connectivity index (χ0) is 25.8. The van der Waals surface area contributed by atoms with Crippen molar-refractivity contribution in [2.75, 3.05) is 11.4 Å². The van der Waals surface area contributed by atoms with Crippen LogP contribution >= 0.6 is 11.6 Å². The number of fused-ring (bicyclic) bond motifs is 3. The molecular weight excluding hydrogens is 500 g/mol. The molecule has 8 heteroatoms. The third kappa shape index (κ3) is 3.64. The lowest BCUT2D eigenvalue weighted by molar-refractivity contribution is -0.116. The van der Waals surface area contributed by atoms with Crippen LogP contribution in [0.1, 0.15) is 11.1 Å². The first-order valence-corrected chi connectivity index (χ1v) is 12.4. The van der Waals surface area contributed by atoms with E-state index in [9.17, 15) is 9.59 Å². The topological polar surface area (TPSA) is 94.5 Å². The second kappa shape index (κ2) is 8.61. The Hall–Kier alpha value is -4.88. The number of anilines is 2. The van der Waals surface area contributed by atoms with E-state index in [2.05, 4.69) is 27.1 Å². The molecule has 0 spiro atoms. The molecule has 38 heavy (non-hydrogen) atoms. The number of hydrogen-bond acceptors (Lipinski definition) is 4. The van der Waals surface area contributed by atoms with Crippen molar-refractivity contribution < 1.29 is 9.21 Å². The third-order valence-electron chi connectivity index (χ3n) is 6.80. The molecule has 0 aliphatic carbocycles. The summed E-state index contributed by atoms with van der Waals surface area (Å²) in [6, 6.07) is 26.9.